The number of methoxy groups -OCH3 is 1. The Morgan fingerprint density at radius 2 is 1.49 bits per heavy atom. The Morgan fingerprint density at radius 3 is 2.10 bits per heavy atom. The van der Waals surface area contributed by atoms with E-state index in [4.69, 9.17) is 19.3 Å². The predicted octanol–water partition coefficient (Wildman–Crippen LogP) is 5.70. The van der Waals surface area contributed by atoms with Gasteiger partial charge in [0, 0.05) is 51.4 Å². The van der Waals surface area contributed by atoms with Crippen molar-refractivity contribution in [3.8, 4) is 11.5 Å². The fourth-order valence-electron chi connectivity index (χ4n) is 4.74. The number of carboxylic acid groups (broad SMARTS) is 1. The molecule has 0 aliphatic carbocycles. The van der Waals surface area contributed by atoms with Crippen LogP contribution in [-0.2, 0) is 22.7 Å². The highest BCUT2D eigenvalue weighted by Gasteiger charge is 2.17. The Kier molecular flexibility index (Phi) is 10.4. The number of allylic oxidation sites excluding steroid dienone is 2. The van der Waals surface area contributed by atoms with Gasteiger partial charge in [-0.1, -0.05) is 48.6 Å². The Balaban J connectivity index is 1.21. The summed E-state index contributed by atoms with van der Waals surface area (Å²) in [6.07, 6.45) is 3.89. The standard InChI is InChI=1S/C32H38N2O5/c1-3-4-28(21-32(35)36)27-9-13-30(14-10-27)38-23-26-7-5-25(6-8-26)22-33-17-19-34(20-18-33)29-11-15-31(16-12-29)39-24-37-2/h3-16,28H,17-24H2,1-2H3,(H,35,36). The number of nitrogens with zero attached hydrogens (tertiary/aromatic N) is 2. The molecule has 206 valence electrons. The summed E-state index contributed by atoms with van der Waals surface area (Å²) >= 11 is 0. The van der Waals surface area contributed by atoms with E-state index < -0.39 is 5.97 Å². The van der Waals surface area contributed by atoms with Crippen molar-refractivity contribution >= 4 is 11.7 Å². The Bertz CT molecular complexity index is 1180. The molecule has 1 atom stereocenters. The van der Waals surface area contributed by atoms with Gasteiger partial charge in [0.2, 0.25) is 0 Å². The molecular weight excluding hydrogens is 492 g/mol. The average Bonchev–Trinajstić information content (AvgIpc) is 2.96. The van der Waals surface area contributed by atoms with E-state index in [9.17, 15) is 4.79 Å². The molecule has 1 saturated heterocycles. The summed E-state index contributed by atoms with van der Waals surface area (Å²) in [6, 6.07) is 24.5. The van der Waals surface area contributed by atoms with Gasteiger partial charge in [0.05, 0.1) is 6.42 Å². The number of rotatable bonds is 13. The number of benzene rings is 3. The zero-order chi connectivity index (χ0) is 27.5. The highest BCUT2D eigenvalue weighted by atomic mass is 16.7. The highest BCUT2D eigenvalue weighted by molar-refractivity contribution is 5.68. The van der Waals surface area contributed by atoms with Crippen molar-refractivity contribution in [2.75, 3.05) is 45.0 Å². The van der Waals surface area contributed by atoms with Crippen LogP contribution in [0, 0.1) is 0 Å². The number of carbonyl (C=O) groups is 1. The van der Waals surface area contributed by atoms with Gasteiger partial charge in [-0.15, -0.1) is 0 Å². The lowest BCUT2D eigenvalue weighted by atomic mass is 9.95. The predicted molar refractivity (Wildman–Crippen MR) is 153 cm³/mol. The first-order chi connectivity index (χ1) is 19.0. The molecule has 0 amide bonds. The molecule has 3 aromatic rings. The lowest BCUT2D eigenvalue weighted by Gasteiger charge is -2.36. The number of anilines is 1. The number of hydrogen-bond donors (Lipinski definition) is 1. The van der Waals surface area contributed by atoms with Crippen LogP contribution in [0.1, 0.15) is 36.0 Å². The maximum absolute atomic E-state index is 11.2. The first kappa shape index (κ1) is 28.2. The minimum atomic E-state index is -0.806. The largest absolute Gasteiger partial charge is 0.489 e. The summed E-state index contributed by atoms with van der Waals surface area (Å²) in [5.74, 6) is 0.648. The molecule has 3 aromatic carbocycles. The van der Waals surface area contributed by atoms with Gasteiger partial charge >= 0.3 is 5.97 Å². The topological polar surface area (TPSA) is 71.5 Å². The van der Waals surface area contributed by atoms with E-state index in [1.807, 2.05) is 55.5 Å². The molecule has 1 unspecified atom stereocenters. The third-order valence-electron chi connectivity index (χ3n) is 6.88. The van der Waals surface area contributed by atoms with Gasteiger partial charge in [0.25, 0.3) is 0 Å². The van der Waals surface area contributed by atoms with Crippen molar-refractivity contribution in [3.05, 3.63) is 102 Å². The van der Waals surface area contributed by atoms with Crippen LogP contribution in [0.2, 0.25) is 0 Å². The fraction of sp³-hybridized carbons (Fsp3) is 0.344. The van der Waals surface area contributed by atoms with Gasteiger partial charge in [-0.05, 0) is 60.0 Å². The van der Waals surface area contributed by atoms with Gasteiger partial charge in [0.1, 0.15) is 18.1 Å². The molecule has 0 saturated carbocycles. The number of hydrogen-bond acceptors (Lipinski definition) is 6. The Labute approximate surface area is 231 Å². The third-order valence-corrected chi connectivity index (χ3v) is 6.88. The third kappa shape index (κ3) is 8.60. The van der Waals surface area contributed by atoms with Crippen molar-refractivity contribution in [1.82, 2.24) is 4.90 Å². The van der Waals surface area contributed by atoms with Crippen molar-refractivity contribution in [2.45, 2.75) is 32.4 Å². The van der Waals surface area contributed by atoms with E-state index in [-0.39, 0.29) is 19.1 Å². The van der Waals surface area contributed by atoms with Gasteiger partial charge in [-0.3, -0.25) is 9.69 Å². The zero-order valence-electron chi connectivity index (χ0n) is 22.8. The Hall–Kier alpha value is -3.81. The van der Waals surface area contributed by atoms with Crippen LogP contribution in [0.4, 0.5) is 5.69 Å². The summed E-state index contributed by atoms with van der Waals surface area (Å²) in [4.78, 5) is 16.1. The van der Waals surface area contributed by atoms with Crippen LogP contribution in [0.3, 0.4) is 0 Å². The molecule has 0 bridgehead atoms. The van der Waals surface area contributed by atoms with Crippen LogP contribution in [-0.4, -0.2) is 56.1 Å². The van der Waals surface area contributed by atoms with E-state index in [1.54, 1.807) is 7.11 Å². The number of ether oxygens (including phenoxy) is 3. The van der Waals surface area contributed by atoms with Crippen LogP contribution < -0.4 is 14.4 Å². The molecule has 1 aliphatic heterocycles. The lowest BCUT2D eigenvalue weighted by Crippen LogP contribution is -2.45. The summed E-state index contributed by atoms with van der Waals surface area (Å²) in [5, 5.41) is 9.16. The monoisotopic (exact) mass is 530 g/mol. The van der Waals surface area contributed by atoms with Crippen molar-refractivity contribution in [2.24, 2.45) is 0 Å². The number of carboxylic acids is 1. The normalized spacial score (nSPS) is 14.9. The molecule has 39 heavy (non-hydrogen) atoms. The molecule has 1 aliphatic rings. The van der Waals surface area contributed by atoms with Gasteiger partial charge in [-0.25, -0.2) is 0 Å². The minimum absolute atomic E-state index is 0.0753. The SMILES string of the molecule is CC=CC(CC(=O)O)c1ccc(OCc2ccc(CN3CCN(c4ccc(OCOC)cc4)CC3)cc2)cc1. The number of aliphatic carboxylic acids is 1. The average molecular weight is 531 g/mol. The second kappa shape index (κ2) is 14.4. The van der Waals surface area contributed by atoms with E-state index in [2.05, 4.69) is 46.2 Å². The van der Waals surface area contributed by atoms with Crippen LogP contribution in [0.15, 0.2) is 84.9 Å². The van der Waals surface area contributed by atoms with Crippen molar-refractivity contribution in [1.29, 1.82) is 0 Å². The first-order valence-electron chi connectivity index (χ1n) is 13.4. The van der Waals surface area contributed by atoms with E-state index in [0.29, 0.717) is 6.61 Å². The molecular formula is C32H38N2O5. The molecule has 0 radical (unpaired) electrons. The maximum Gasteiger partial charge on any atom is 0.304 e. The molecule has 0 spiro atoms. The van der Waals surface area contributed by atoms with Gasteiger partial charge < -0.3 is 24.2 Å². The van der Waals surface area contributed by atoms with Gasteiger partial charge in [0.15, 0.2) is 6.79 Å². The Morgan fingerprint density at radius 1 is 0.872 bits per heavy atom. The molecule has 0 aromatic heterocycles. The van der Waals surface area contributed by atoms with Crippen LogP contribution >= 0.6 is 0 Å². The summed E-state index contributed by atoms with van der Waals surface area (Å²) < 4.78 is 16.4. The molecule has 1 N–H and O–H groups in total. The maximum atomic E-state index is 11.2. The second-order valence-corrected chi connectivity index (χ2v) is 9.71. The molecule has 1 fully saturated rings. The van der Waals surface area contributed by atoms with E-state index in [0.717, 1.165) is 55.3 Å². The van der Waals surface area contributed by atoms with E-state index >= 15 is 0 Å². The van der Waals surface area contributed by atoms with Crippen LogP contribution in [0.5, 0.6) is 11.5 Å². The molecule has 4 rings (SSSR count). The lowest BCUT2D eigenvalue weighted by molar-refractivity contribution is -0.137. The number of piperazine rings is 1. The van der Waals surface area contributed by atoms with E-state index in [1.165, 1.54) is 11.3 Å². The smallest absolute Gasteiger partial charge is 0.304 e. The first-order valence-corrected chi connectivity index (χ1v) is 13.4. The molecule has 7 heteroatoms. The summed E-state index contributed by atoms with van der Waals surface area (Å²) in [7, 11) is 1.62. The highest BCUT2D eigenvalue weighted by Crippen LogP contribution is 2.25. The zero-order valence-corrected chi connectivity index (χ0v) is 22.8. The van der Waals surface area contributed by atoms with Gasteiger partial charge in [-0.2, -0.15) is 0 Å². The summed E-state index contributed by atoms with van der Waals surface area (Å²) in [6.45, 7) is 7.61. The second-order valence-electron chi connectivity index (χ2n) is 9.71. The minimum Gasteiger partial charge on any atom is -0.489 e. The molecule has 1 heterocycles. The summed E-state index contributed by atoms with van der Waals surface area (Å²) in [5.41, 5.74) is 4.60. The van der Waals surface area contributed by atoms with Crippen LogP contribution in [0.25, 0.3) is 0 Å². The quantitative estimate of drug-likeness (QED) is 0.224. The van der Waals surface area contributed by atoms with Crippen molar-refractivity contribution < 1.29 is 24.1 Å². The van der Waals surface area contributed by atoms with Crippen molar-refractivity contribution in [3.63, 3.8) is 0 Å². The fourth-order valence-corrected chi connectivity index (χ4v) is 4.74. The molecule has 7 nitrogen and oxygen atoms in total.